The highest BCUT2D eigenvalue weighted by Gasteiger charge is 2.37. The highest BCUT2D eigenvalue weighted by atomic mass is 16.6. The first-order valence-electron chi connectivity index (χ1n) is 8.08. The lowest BCUT2D eigenvalue weighted by Gasteiger charge is -2.17. The fraction of sp³-hybridized carbons (Fsp3) is 0.643. The summed E-state index contributed by atoms with van der Waals surface area (Å²) in [7, 11) is 0. The number of alkyl carbamates (subject to hydrolysis) is 1. The lowest BCUT2D eigenvalue weighted by atomic mass is 10.1. The summed E-state index contributed by atoms with van der Waals surface area (Å²) >= 11 is 0. The van der Waals surface area contributed by atoms with Crippen molar-refractivity contribution < 1.29 is 14.3 Å². The monoisotopic (exact) mass is 367 g/mol. The summed E-state index contributed by atoms with van der Waals surface area (Å²) in [5, 5.41) is 6.17. The van der Waals surface area contributed by atoms with Crippen LogP contribution >= 0.6 is 0 Å². The molecule has 1 aromatic heterocycles. The molecule has 1 saturated heterocycles. The number of nitrogens with two attached hydrogens (primary N) is 1. The number of hydrogen-bond donors (Lipinski definition) is 3. The summed E-state index contributed by atoms with van der Waals surface area (Å²) < 4.78 is 12.0. The molecule has 2 rings (SSSR count). The SMILES string of the molecule is Cc1cn([C@H]2C[C@H](N=[N+]=[N-])[C@@H](COC(=O)NCCCN)O2)c(=O)[nH]c1=O. The van der Waals surface area contributed by atoms with Crippen LogP contribution in [0.5, 0.6) is 0 Å². The fourth-order valence-electron chi connectivity index (χ4n) is 2.53. The van der Waals surface area contributed by atoms with E-state index in [9.17, 15) is 14.4 Å². The largest absolute Gasteiger partial charge is 0.447 e. The lowest BCUT2D eigenvalue weighted by Crippen LogP contribution is -2.34. The van der Waals surface area contributed by atoms with E-state index >= 15 is 0 Å². The number of carbonyl (C=O) groups excluding carboxylic acids is 1. The summed E-state index contributed by atoms with van der Waals surface area (Å²) in [6, 6.07) is -0.624. The molecule has 1 fully saturated rings. The molecule has 0 unspecified atom stereocenters. The molecule has 1 aromatic rings. The van der Waals surface area contributed by atoms with Crippen LogP contribution in [0.2, 0.25) is 0 Å². The summed E-state index contributed by atoms with van der Waals surface area (Å²) in [6.45, 7) is 2.24. The number of H-pyrrole nitrogens is 1. The van der Waals surface area contributed by atoms with Crippen LogP contribution in [0.3, 0.4) is 0 Å². The highest BCUT2D eigenvalue weighted by molar-refractivity contribution is 5.67. The Bertz CT molecular complexity index is 798. The molecular weight excluding hydrogens is 346 g/mol. The maximum atomic E-state index is 12.0. The van der Waals surface area contributed by atoms with Gasteiger partial charge in [0.1, 0.15) is 18.9 Å². The number of carbonyl (C=O) groups is 1. The number of amides is 1. The third-order valence-corrected chi connectivity index (χ3v) is 3.89. The number of aromatic nitrogens is 2. The Morgan fingerprint density at radius 2 is 2.38 bits per heavy atom. The first-order valence-corrected chi connectivity index (χ1v) is 8.08. The number of nitrogens with one attached hydrogen (secondary N) is 2. The number of hydrogen-bond acceptors (Lipinski definition) is 7. The van der Waals surface area contributed by atoms with Crippen molar-refractivity contribution >= 4 is 6.09 Å². The quantitative estimate of drug-likeness (QED) is 0.262. The molecule has 1 amide bonds. The van der Waals surface area contributed by atoms with Crippen molar-refractivity contribution in [3.63, 3.8) is 0 Å². The number of nitrogens with zero attached hydrogens (tertiary/aromatic N) is 4. The molecule has 0 saturated carbocycles. The van der Waals surface area contributed by atoms with Crippen LogP contribution in [-0.4, -0.2) is 47.5 Å². The van der Waals surface area contributed by atoms with E-state index in [-0.39, 0.29) is 13.0 Å². The van der Waals surface area contributed by atoms with Crippen LogP contribution in [0.1, 0.15) is 24.6 Å². The maximum Gasteiger partial charge on any atom is 0.407 e. The first-order chi connectivity index (χ1) is 12.5. The number of rotatable bonds is 7. The van der Waals surface area contributed by atoms with Gasteiger partial charge in [0.05, 0.1) is 6.04 Å². The second-order valence-electron chi connectivity index (χ2n) is 5.78. The van der Waals surface area contributed by atoms with Crippen molar-refractivity contribution in [3.05, 3.63) is 43.0 Å². The summed E-state index contributed by atoms with van der Waals surface area (Å²) in [6.07, 6.45) is 0.104. The van der Waals surface area contributed by atoms with E-state index in [0.29, 0.717) is 25.1 Å². The van der Waals surface area contributed by atoms with Crippen molar-refractivity contribution in [1.82, 2.24) is 14.9 Å². The Labute approximate surface area is 147 Å². The molecule has 26 heavy (non-hydrogen) atoms. The zero-order valence-electron chi connectivity index (χ0n) is 14.3. The Morgan fingerprint density at radius 3 is 3.08 bits per heavy atom. The molecular formula is C14H21N7O5. The normalized spacial score (nSPS) is 21.8. The van der Waals surface area contributed by atoms with Gasteiger partial charge in [-0.1, -0.05) is 5.11 Å². The zero-order chi connectivity index (χ0) is 19.1. The van der Waals surface area contributed by atoms with E-state index in [0.717, 1.165) is 0 Å². The van der Waals surface area contributed by atoms with Crippen LogP contribution in [0.4, 0.5) is 4.79 Å². The Morgan fingerprint density at radius 1 is 1.62 bits per heavy atom. The van der Waals surface area contributed by atoms with E-state index in [1.165, 1.54) is 10.8 Å². The smallest absolute Gasteiger partial charge is 0.407 e. The molecule has 0 spiro atoms. The van der Waals surface area contributed by atoms with Crippen LogP contribution < -0.4 is 22.3 Å². The van der Waals surface area contributed by atoms with Crippen molar-refractivity contribution in [2.75, 3.05) is 19.7 Å². The number of aryl methyl sites for hydroxylation is 1. The molecule has 2 heterocycles. The van der Waals surface area contributed by atoms with Crippen molar-refractivity contribution in [2.24, 2.45) is 10.8 Å². The number of azide groups is 1. The van der Waals surface area contributed by atoms with Gasteiger partial charge >= 0.3 is 11.8 Å². The van der Waals surface area contributed by atoms with E-state index in [4.69, 9.17) is 20.7 Å². The predicted octanol–water partition coefficient (Wildman–Crippen LogP) is -0.114. The van der Waals surface area contributed by atoms with Gasteiger partial charge in [-0.15, -0.1) is 0 Å². The minimum Gasteiger partial charge on any atom is -0.447 e. The Balaban J connectivity index is 2.05. The van der Waals surface area contributed by atoms with Gasteiger partial charge in [0.2, 0.25) is 0 Å². The van der Waals surface area contributed by atoms with Crippen molar-refractivity contribution in [2.45, 2.75) is 38.1 Å². The molecule has 3 atom stereocenters. The maximum absolute atomic E-state index is 12.0. The predicted molar refractivity (Wildman–Crippen MR) is 90.5 cm³/mol. The Kier molecular flexibility index (Phi) is 6.78. The lowest BCUT2D eigenvalue weighted by molar-refractivity contribution is -0.0307. The van der Waals surface area contributed by atoms with E-state index in [1.54, 1.807) is 6.92 Å². The third kappa shape index (κ3) is 4.85. The molecule has 12 nitrogen and oxygen atoms in total. The van der Waals surface area contributed by atoms with E-state index in [2.05, 4.69) is 20.3 Å². The molecule has 1 aliphatic rings. The molecule has 0 radical (unpaired) electrons. The van der Waals surface area contributed by atoms with E-state index < -0.39 is 35.7 Å². The van der Waals surface area contributed by atoms with Gasteiger partial charge in [-0.25, -0.2) is 9.59 Å². The van der Waals surface area contributed by atoms with Crippen LogP contribution in [-0.2, 0) is 9.47 Å². The van der Waals surface area contributed by atoms with Gasteiger partial charge in [-0.3, -0.25) is 14.3 Å². The van der Waals surface area contributed by atoms with Gasteiger partial charge in [0.15, 0.2) is 0 Å². The molecule has 0 aromatic carbocycles. The summed E-state index contributed by atoms with van der Waals surface area (Å²) in [4.78, 5) is 40.0. The van der Waals surface area contributed by atoms with Gasteiger partial charge < -0.3 is 20.5 Å². The second-order valence-corrected chi connectivity index (χ2v) is 5.78. The molecule has 1 aliphatic heterocycles. The molecule has 142 valence electrons. The van der Waals surface area contributed by atoms with Crippen LogP contribution in [0.25, 0.3) is 10.4 Å². The average Bonchev–Trinajstić information content (AvgIpc) is 2.99. The minimum absolute atomic E-state index is 0.147. The minimum atomic E-state index is -0.748. The van der Waals surface area contributed by atoms with Crippen LogP contribution in [0, 0.1) is 6.92 Å². The van der Waals surface area contributed by atoms with Crippen molar-refractivity contribution in [3.8, 4) is 0 Å². The fourth-order valence-corrected chi connectivity index (χ4v) is 2.53. The topological polar surface area (TPSA) is 177 Å². The van der Waals surface area contributed by atoms with E-state index in [1.807, 2.05) is 0 Å². The summed E-state index contributed by atoms with van der Waals surface area (Å²) in [5.41, 5.74) is 13.3. The highest BCUT2D eigenvalue weighted by Crippen LogP contribution is 2.30. The zero-order valence-corrected chi connectivity index (χ0v) is 14.3. The Hall–Kier alpha value is -2.82. The number of ether oxygens (including phenoxy) is 2. The van der Waals surface area contributed by atoms with Gasteiger partial charge in [-0.2, -0.15) is 0 Å². The van der Waals surface area contributed by atoms with Crippen molar-refractivity contribution in [1.29, 1.82) is 0 Å². The van der Waals surface area contributed by atoms with Gasteiger partial charge in [-0.05, 0) is 25.4 Å². The molecule has 12 heteroatoms. The van der Waals surface area contributed by atoms with Gasteiger partial charge in [0.25, 0.3) is 5.56 Å². The average molecular weight is 367 g/mol. The van der Waals surface area contributed by atoms with Crippen LogP contribution in [0.15, 0.2) is 20.9 Å². The number of aromatic amines is 1. The third-order valence-electron chi connectivity index (χ3n) is 3.89. The second kappa shape index (κ2) is 9.04. The first kappa shape index (κ1) is 19.5. The molecule has 0 aliphatic carbocycles. The van der Waals surface area contributed by atoms with Gasteiger partial charge in [0, 0.05) is 29.6 Å². The summed E-state index contributed by atoms with van der Waals surface area (Å²) in [5.74, 6) is 0. The molecule has 0 bridgehead atoms. The molecule has 4 N–H and O–H groups in total. The standard InChI is InChI=1S/C14H21N7O5/c1-8-6-21(13(23)18-12(8)22)11-5-9(19-20-16)10(26-11)7-25-14(24)17-4-2-3-15/h6,9-11H,2-5,7,15H2,1H3,(H,17,24)(H,18,22,23)/t9-,10+,11+/m0/s1.